The summed E-state index contributed by atoms with van der Waals surface area (Å²) in [7, 11) is 0. The van der Waals surface area contributed by atoms with Crippen LogP contribution in [-0.4, -0.2) is 35.2 Å². The number of carboxylic acid groups (broad SMARTS) is 1. The van der Waals surface area contributed by atoms with Crippen molar-refractivity contribution in [3.05, 3.63) is 29.8 Å². The number of hydrogen-bond donors (Lipinski definition) is 1. The van der Waals surface area contributed by atoms with E-state index in [-0.39, 0.29) is 18.0 Å². The Hall–Kier alpha value is -1.55. The lowest BCUT2D eigenvalue weighted by molar-refractivity contribution is -0.142. The average Bonchev–Trinajstić information content (AvgIpc) is 2.87. The topological polar surface area (TPSA) is 49.8 Å². The number of aliphatic carboxylic acids is 1. The predicted octanol–water partition coefficient (Wildman–Crippen LogP) is 3.33. The lowest BCUT2D eigenvalue weighted by Crippen LogP contribution is -2.34. The van der Waals surface area contributed by atoms with Crippen LogP contribution in [0.15, 0.2) is 24.3 Å². The summed E-state index contributed by atoms with van der Waals surface area (Å²) in [5.41, 5.74) is 1.21. The molecule has 1 heterocycles. The number of benzene rings is 1. The molecule has 0 aromatic heterocycles. The van der Waals surface area contributed by atoms with Gasteiger partial charge in [0, 0.05) is 12.1 Å². The molecule has 2 rings (SSSR count). The second-order valence-corrected chi connectivity index (χ2v) is 5.81. The van der Waals surface area contributed by atoms with Gasteiger partial charge in [-0.15, -0.1) is 0 Å². The Bertz CT molecular complexity index is 471. The van der Waals surface area contributed by atoms with E-state index in [1.807, 2.05) is 19.1 Å². The van der Waals surface area contributed by atoms with Gasteiger partial charge >= 0.3 is 5.97 Å². The summed E-state index contributed by atoms with van der Waals surface area (Å²) in [4.78, 5) is 13.5. The van der Waals surface area contributed by atoms with Gasteiger partial charge in [0.15, 0.2) is 0 Å². The Morgan fingerprint density at radius 3 is 2.62 bits per heavy atom. The number of nitrogens with zero attached hydrogens (tertiary/aromatic N) is 1. The maximum Gasteiger partial charge on any atom is 0.308 e. The molecule has 21 heavy (non-hydrogen) atoms. The van der Waals surface area contributed by atoms with Crippen LogP contribution in [0.4, 0.5) is 0 Å². The normalized spacial score (nSPS) is 24.0. The third-order valence-electron chi connectivity index (χ3n) is 4.45. The molecule has 3 atom stereocenters. The molecule has 4 nitrogen and oxygen atoms in total. The Morgan fingerprint density at radius 2 is 2.10 bits per heavy atom. The van der Waals surface area contributed by atoms with Crippen molar-refractivity contribution >= 4 is 5.97 Å². The molecule has 0 spiro atoms. The van der Waals surface area contributed by atoms with E-state index in [1.165, 1.54) is 5.56 Å². The van der Waals surface area contributed by atoms with E-state index in [1.54, 1.807) is 0 Å². The molecule has 4 heteroatoms. The molecule has 1 aromatic carbocycles. The Morgan fingerprint density at radius 1 is 1.43 bits per heavy atom. The highest BCUT2D eigenvalue weighted by molar-refractivity contribution is 5.71. The molecule has 1 N–H and O–H groups in total. The van der Waals surface area contributed by atoms with Gasteiger partial charge in [-0.2, -0.15) is 0 Å². The lowest BCUT2D eigenvalue weighted by atomic mass is 10.0. The minimum absolute atomic E-state index is 0.0773. The Balaban J connectivity index is 2.03. The zero-order chi connectivity index (χ0) is 15.4. The largest absolute Gasteiger partial charge is 0.494 e. The van der Waals surface area contributed by atoms with Crippen molar-refractivity contribution in [3.8, 4) is 5.75 Å². The van der Waals surface area contributed by atoms with E-state index in [4.69, 9.17) is 4.74 Å². The number of carbonyl (C=O) groups is 1. The first-order valence-corrected chi connectivity index (χ1v) is 7.76. The second-order valence-electron chi connectivity index (χ2n) is 5.81. The van der Waals surface area contributed by atoms with Crippen LogP contribution in [-0.2, 0) is 4.79 Å². The van der Waals surface area contributed by atoms with Gasteiger partial charge in [0.25, 0.3) is 0 Å². The lowest BCUT2D eigenvalue weighted by Gasteiger charge is -2.30. The number of ether oxygens (including phenoxy) is 1. The van der Waals surface area contributed by atoms with Gasteiger partial charge in [-0.3, -0.25) is 9.69 Å². The molecule has 116 valence electrons. The van der Waals surface area contributed by atoms with Crippen LogP contribution in [0, 0.1) is 5.92 Å². The number of likely N-dealkylation sites (tertiary alicyclic amines) is 1. The molecule has 3 unspecified atom stereocenters. The van der Waals surface area contributed by atoms with Crippen LogP contribution in [0.5, 0.6) is 5.75 Å². The molecular weight excluding hydrogens is 266 g/mol. The van der Waals surface area contributed by atoms with Crippen molar-refractivity contribution in [2.45, 2.75) is 45.7 Å². The minimum Gasteiger partial charge on any atom is -0.494 e. The van der Waals surface area contributed by atoms with Crippen molar-refractivity contribution in [3.63, 3.8) is 0 Å². The van der Waals surface area contributed by atoms with Gasteiger partial charge in [-0.25, -0.2) is 0 Å². The average molecular weight is 291 g/mol. The molecule has 0 radical (unpaired) electrons. The highest BCUT2D eigenvalue weighted by atomic mass is 16.5. The number of rotatable bonds is 6. The van der Waals surface area contributed by atoms with Gasteiger partial charge in [0.1, 0.15) is 5.75 Å². The monoisotopic (exact) mass is 291 g/mol. The summed E-state index contributed by atoms with van der Waals surface area (Å²) < 4.78 is 5.59. The van der Waals surface area contributed by atoms with E-state index in [2.05, 4.69) is 30.9 Å². The molecule has 1 saturated heterocycles. The first kappa shape index (κ1) is 15.8. The quantitative estimate of drug-likeness (QED) is 0.873. The fourth-order valence-electron chi connectivity index (χ4n) is 3.09. The maximum absolute atomic E-state index is 11.2. The summed E-state index contributed by atoms with van der Waals surface area (Å²) in [5, 5.41) is 9.23. The zero-order valence-corrected chi connectivity index (χ0v) is 13.1. The first-order valence-electron chi connectivity index (χ1n) is 7.76. The molecule has 1 aromatic rings. The van der Waals surface area contributed by atoms with Crippen molar-refractivity contribution in [2.75, 3.05) is 13.2 Å². The predicted molar refractivity (Wildman–Crippen MR) is 82.6 cm³/mol. The van der Waals surface area contributed by atoms with Crippen LogP contribution in [0.1, 0.15) is 45.2 Å². The van der Waals surface area contributed by atoms with Gasteiger partial charge in [-0.1, -0.05) is 19.1 Å². The van der Waals surface area contributed by atoms with Gasteiger partial charge in [0.2, 0.25) is 0 Å². The van der Waals surface area contributed by atoms with E-state index in [0.717, 1.165) is 31.7 Å². The van der Waals surface area contributed by atoms with Crippen LogP contribution >= 0.6 is 0 Å². The van der Waals surface area contributed by atoms with Crippen LogP contribution < -0.4 is 4.74 Å². The highest BCUT2D eigenvalue weighted by Gasteiger charge is 2.37. The Kier molecular flexibility index (Phi) is 5.23. The van der Waals surface area contributed by atoms with Crippen LogP contribution in [0.3, 0.4) is 0 Å². The third-order valence-corrected chi connectivity index (χ3v) is 4.45. The van der Waals surface area contributed by atoms with E-state index >= 15 is 0 Å². The molecule has 1 fully saturated rings. The molecular formula is C17H25NO3. The summed E-state index contributed by atoms with van der Waals surface area (Å²) in [6, 6.07) is 8.46. The fourth-order valence-corrected chi connectivity index (χ4v) is 3.09. The van der Waals surface area contributed by atoms with Crippen LogP contribution in [0.2, 0.25) is 0 Å². The summed E-state index contributed by atoms with van der Waals surface area (Å²) >= 11 is 0. The van der Waals surface area contributed by atoms with Crippen molar-refractivity contribution in [1.29, 1.82) is 0 Å². The molecule has 0 amide bonds. The number of carboxylic acids is 1. The van der Waals surface area contributed by atoms with Crippen molar-refractivity contribution < 1.29 is 14.6 Å². The molecule has 0 aliphatic carbocycles. The SMILES string of the molecule is CCCOc1ccc(C(C)N2CCC(C(=O)O)C2C)cc1. The molecule has 1 aliphatic rings. The van der Waals surface area contributed by atoms with Crippen molar-refractivity contribution in [1.82, 2.24) is 4.90 Å². The second kappa shape index (κ2) is 6.94. The number of hydrogen-bond acceptors (Lipinski definition) is 3. The van der Waals surface area contributed by atoms with E-state index < -0.39 is 5.97 Å². The van der Waals surface area contributed by atoms with Gasteiger partial charge < -0.3 is 9.84 Å². The Labute approximate surface area is 126 Å². The van der Waals surface area contributed by atoms with Crippen LogP contribution in [0.25, 0.3) is 0 Å². The van der Waals surface area contributed by atoms with Gasteiger partial charge in [-0.05, 0) is 50.9 Å². The zero-order valence-electron chi connectivity index (χ0n) is 13.1. The van der Waals surface area contributed by atoms with E-state index in [9.17, 15) is 9.90 Å². The van der Waals surface area contributed by atoms with Crippen molar-refractivity contribution in [2.24, 2.45) is 5.92 Å². The summed E-state index contributed by atoms with van der Waals surface area (Å²) in [5.74, 6) is -0.0363. The molecule has 1 aliphatic heterocycles. The fraction of sp³-hybridized carbons (Fsp3) is 0.588. The highest BCUT2D eigenvalue weighted by Crippen LogP contribution is 2.33. The smallest absolute Gasteiger partial charge is 0.308 e. The summed E-state index contributed by atoms with van der Waals surface area (Å²) in [6.07, 6.45) is 1.73. The minimum atomic E-state index is -0.680. The standard InChI is InChI=1S/C17H25NO3/c1-4-11-21-15-7-5-14(6-8-15)12(2)18-10-9-16(13(18)3)17(19)20/h5-8,12-13,16H,4,9-11H2,1-3H3,(H,19,20). The maximum atomic E-state index is 11.2. The third kappa shape index (κ3) is 3.56. The molecule has 0 saturated carbocycles. The van der Waals surface area contributed by atoms with E-state index in [0.29, 0.717) is 0 Å². The summed E-state index contributed by atoms with van der Waals surface area (Å²) in [6.45, 7) is 7.82. The first-order chi connectivity index (χ1) is 10.0. The van der Waals surface area contributed by atoms with Gasteiger partial charge in [0.05, 0.1) is 12.5 Å². The molecule has 0 bridgehead atoms.